The van der Waals surface area contributed by atoms with Gasteiger partial charge in [-0.25, -0.2) is 0 Å². The van der Waals surface area contributed by atoms with Gasteiger partial charge in [-0.2, -0.15) is 5.26 Å². The fourth-order valence-electron chi connectivity index (χ4n) is 1.79. The third-order valence-electron chi connectivity index (χ3n) is 2.64. The number of amides is 1. The first-order chi connectivity index (χ1) is 6.65. The van der Waals surface area contributed by atoms with Crippen molar-refractivity contribution >= 4 is 6.41 Å². The van der Waals surface area contributed by atoms with Crippen molar-refractivity contribution in [3.05, 3.63) is 11.3 Å². The van der Waals surface area contributed by atoms with Crippen molar-refractivity contribution in [1.82, 2.24) is 4.90 Å². The Labute approximate surface area is 83.8 Å². The van der Waals surface area contributed by atoms with E-state index in [0.29, 0.717) is 17.8 Å². The van der Waals surface area contributed by atoms with Crippen molar-refractivity contribution in [2.45, 2.75) is 32.4 Å². The minimum absolute atomic E-state index is 0.0922. The number of hydrogen-bond donors (Lipinski definition) is 0. The van der Waals surface area contributed by atoms with E-state index in [0.717, 1.165) is 6.41 Å². The minimum Gasteiger partial charge on any atom is -0.500 e. The van der Waals surface area contributed by atoms with Gasteiger partial charge in [-0.3, -0.25) is 4.79 Å². The van der Waals surface area contributed by atoms with Gasteiger partial charge in [0, 0.05) is 12.5 Å². The van der Waals surface area contributed by atoms with Crippen molar-refractivity contribution in [1.29, 1.82) is 5.26 Å². The highest BCUT2D eigenvalue weighted by molar-refractivity contribution is 5.52. The van der Waals surface area contributed by atoms with E-state index in [-0.39, 0.29) is 12.1 Å². The van der Waals surface area contributed by atoms with E-state index in [9.17, 15) is 4.79 Å². The zero-order chi connectivity index (χ0) is 10.7. The molecule has 0 radical (unpaired) electrons. The molecule has 4 heteroatoms. The third-order valence-corrected chi connectivity index (χ3v) is 2.64. The molecule has 0 fully saturated rings. The van der Waals surface area contributed by atoms with E-state index in [1.807, 2.05) is 13.8 Å². The Morgan fingerprint density at radius 2 is 2.29 bits per heavy atom. The standard InChI is InChI=1S/C10H14N2O2/c1-7-4-10(14-3)9(5-11)8(2)12(7)6-13/h6-8H,4H2,1-3H3/t7?,8-/m0/s1. The molecule has 0 bridgehead atoms. The molecule has 0 saturated heterocycles. The maximum absolute atomic E-state index is 10.8. The molecule has 0 saturated carbocycles. The topological polar surface area (TPSA) is 53.3 Å². The highest BCUT2D eigenvalue weighted by Gasteiger charge is 2.30. The predicted molar refractivity (Wildman–Crippen MR) is 51.1 cm³/mol. The molecule has 1 aliphatic rings. The first-order valence-electron chi connectivity index (χ1n) is 4.55. The summed E-state index contributed by atoms with van der Waals surface area (Å²) < 4.78 is 5.14. The number of hydrogen-bond acceptors (Lipinski definition) is 3. The number of nitrogens with zero attached hydrogens (tertiary/aromatic N) is 2. The predicted octanol–water partition coefficient (Wildman–Crippen LogP) is 1.05. The number of rotatable bonds is 2. The maximum Gasteiger partial charge on any atom is 0.210 e. The van der Waals surface area contributed by atoms with Crippen LogP contribution in [0.2, 0.25) is 0 Å². The Hall–Kier alpha value is -1.50. The molecule has 1 unspecified atom stereocenters. The SMILES string of the molecule is COC1=C(C#N)[C@H](C)N(C=O)C(C)C1. The normalized spacial score (nSPS) is 27.1. The lowest BCUT2D eigenvalue weighted by molar-refractivity contribution is -0.121. The monoisotopic (exact) mass is 194 g/mol. The van der Waals surface area contributed by atoms with Gasteiger partial charge in [0.25, 0.3) is 0 Å². The van der Waals surface area contributed by atoms with Gasteiger partial charge in [-0.1, -0.05) is 0 Å². The van der Waals surface area contributed by atoms with Crippen LogP contribution in [-0.4, -0.2) is 30.5 Å². The molecule has 0 N–H and O–H groups in total. The van der Waals surface area contributed by atoms with Crippen LogP contribution in [0.1, 0.15) is 20.3 Å². The average molecular weight is 194 g/mol. The highest BCUT2D eigenvalue weighted by Crippen LogP contribution is 2.27. The minimum atomic E-state index is -0.184. The molecule has 0 aromatic carbocycles. The van der Waals surface area contributed by atoms with Crippen molar-refractivity contribution in [2.24, 2.45) is 0 Å². The zero-order valence-corrected chi connectivity index (χ0v) is 8.65. The van der Waals surface area contributed by atoms with Gasteiger partial charge in [-0.15, -0.1) is 0 Å². The Kier molecular flexibility index (Phi) is 3.13. The van der Waals surface area contributed by atoms with Crippen LogP contribution in [0.25, 0.3) is 0 Å². The van der Waals surface area contributed by atoms with Crippen LogP contribution in [0.3, 0.4) is 0 Å². The van der Waals surface area contributed by atoms with E-state index in [2.05, 4.69) is 6.07 Å². The smallest absolute Gasteiger partial charge is 0.210 e. The molecule has 1 heterocycles. The molecular weight excluding hydrogens is 180 g/mol. The molecule has 1 aliphatic heterocycles. The molecule has 0 aromatic rings. The summed E-state index contributed by atoms with van der Waals surface area (Å²) in [6.45, 7) is 3.78. The fraction of sp³-hybridized carbons (Fsp3) is 0.600. The fourth-order valence-corrected chi connectivity index (χ4v) is 1.79. The van der Waals surface area contributed by atoms with Gasteiger partial charge in [0.05, 0.1) is 18.7 Å². The third kappa shape index (κ3) is 1.58. The molecule has 4 nitrogen and oxygen atoms in total. The van der Waals surface area contributed by atoms with Gasteiger partial charge >= 0.3 is 0 Å². The molecule has 1 rings (SSSR count). The molecule has 76 valence electrons. The van der Waals surface area contributed by atoms with Crippen LogP contribution in [0.5, 0.6) is 0 Å². The van der Waals surface area contributed by atoms with Crippen LogP contribution in [0.4, 0.5) is 0 Å². The quantitative estimate of drug-likeness (QED) is 0.617. The lowest BCUT2D eigenvalue weighted by Gasteiger charge is -2.36. The van der Waals surface area contributed by atoms with E-state index in [1.54, 1.807) is 12.0 Å². The van der Waals surface area contributed by atoms with Crippen LogP contribution in [0.15, 0.2) is 11.3 Å². The van der Waals surface area contributed by atoms with Crippen molar-refractivity contribution in [2.75, 3.05) is 7.11 Å². The second-order valence-electron chi connectivity index (χ2n) is 3.43. The van der Waals surface area contributed by atoms with E-state index >= 15 is 0 Å². The Morgan fingerprint density at radius 3 is 2.71 bits per heavy atom. The van der Waals surface area contributed by atoms with Crippen LogP contribution in [-0.2, 0) is 9.53 Å². The summed E-state index contributed by atoms with van der Waals surface area (Å²) in [6.07, 6.45) is 1.40. The summed E-state index contributed by atoms with van der Waals surface area (Å²) in [6, 6.07) is 2.00. The van der Waals surface area contributed by atoms with E-state index in [1.165, 1.54) is 0 Å². The molecule has 0 aliphatic carbocycles. The summed E-state index contributed by atoms with van der Waals surface area (Å²) in [4.78, 5) is 12.4. The largest absolute Gasteiger partial charge is 0.500 e. The van der Waals surface area contributed by atoms with Crippen LogP contribution >= 0.6 is 0 Å². The summed E-state index contributed by atoms with van der Waals surface area (Å²) >= 11 is 0. The van der Waals surface area contributed by atoms with Crippen molar-refractivity contribution < 1.29 is 9.53 Å². The molecule has 1 amide bonds. The Bertz CT molecular complexity index is 304. The molecule has 0 aromatic heterocycles. The van der Waals surface area contributed by atoms with Crippen molar-refractivity contribution in [3.63, 3.8) is 0 Å². The molecule has 2 atom stereocenters. The summed E-state index contributed by atoms with van der Waals surface area (Å²) in [7, 11) is 1.56. The van der Waals surface area contributed by atoms with Gasteiger partial charge in [0.2, 0.25) is 6.41 Å². The first kappa shape index (κ1) is 10.6. The number of nitriles is 1. The van der Waals surface area contributed by atoms with E-state index < -0.39 is 0 Å². The van der Waals surface area contributed by atoms with Gasteiger partial charge < -0.3 is 9.64 Å². The number of ether oxygens (including phenoxy) is 1. The number of methoxy groups -OCH3 is 1. The zero-order valence-electron chi connectivity index (χ0n) is 8.65. The van der Waals surface area contributed by atoms with Gasteiger partial charge in [0.15, 0.2) is 0 Å². The second-order valence-corrected chi connectivity index (χ2v) is 3.43. The van der Waals surface area contributed by atoms with Gasteiger partial charge in [0.1, 0.15) is 11.8 Å². The number of carbonyl (C=O) groups excluding carboxylic acids is 1. The van der Waals surface area contributed by atoms with Crippen LogP contribution < -0.4 is 0 Å². The summed E-state index contributed by atoms with van der Waals surface area (Å²) in [5.74, 6) is 0.700. The second kappa shape index (κ2) is 4.14. The highest BCUT2D eigenvalue weighted by atomic mass is 16.5. The molecule has 0 spiro atoms. The van der Waals surface area contributed by atoms with Crippen LogP contribution in [0, 0.1) is 11.3 Å². The molecule has 14 heavy (non-hydrogen) atoms. The summed E-state index contributed by atoms with van der Waals surface area (Å²) in [5.41, 5.74) is 0.553. The summed E-state index contributed by atoms with van der Waals surface area (Å²) in [5, 5.41) is 8.93. The Balaban J connectivity index is 3.07. The first-order valence-corrected chi connectivity index (χ1v) is 4.55. The lowest BCUT2D eigenvalue weighted by atomic mass is 9.96. The Morgan fingerprint density at radius 1 is 1.64 bits per heavy atom. The average Bonchev–Trinajstić information content (AvgIpc) is 2.17. The molecular formula is C10H14N2O2. The van der Waals surface area contributed by atoms with Gasteiger partial charge in [-0.05, 0) is 13.8 Å². The lowest BCUT2D eigenvalue weighted by Crippen LogP contribution is -2.44. The number of carbonyl (C=O) groups is 1. The van der Waals surface area contributed by atoms with E-state index in [4.69, 9.17) is 10.00 Å². The van der Waals surface area contributed by atoms with Crippen molar-refractivity contribution in [3.8, 4) is 6.07 Å². The maximum atomic E-state index is 10.8.